The van der Waals surface area contributed by atoms with E-state index in [9.17, 15) is 4.79 Å². The van der Waals surface area contributed by atoms with E-state index < -0.39 is 0 Å². The molecule has 1 heterocycles. The van der Waals surface area contributed by atoms with Crippen molar-refractivity contribution in [3.8, 4) is 0 Å². The highest BCUT2D eigenvalue weighted by Gasteiger charge is 2.24. The van der Waals surface area contributed by atoms with Crippen molar-refractivity contribution >= 4 is 5.91 Å². The summed E-state index contributed by atoms with van der Waals surface area (Å²) in [6.07, 6.45) is 1.61. The summed E-state index contributed by atoms with van der Waals surface area (Å²) < 4.78 is 5.37. The van der Waals surface area contributed by atoms with E-state index in [1.807, 2.05) is 79.7 Å². The molecule has 1 amide bonds. The number of amides is 1. The Kier molecular flexibility index (Phi) is 4.57. The topological polar surface area (TPSA) is 42.2 Å². The Hall–Kier alpha value is -2.81. The fourth-order valence-corrected chi connectivity index (χ4v) is 2.69. The van der Waals surface area contributed by atoms with Crippen LogP contribution in [-0.4, -0.2) is 5.91 Å². The Morgan fingerprint density at radius 1 is 0.870 bits per heavy atom. The van der Waals surface area contributed by atoms with Crippen LogP contribution in [0.5, 0.6) is 0 Å². The van der Waals surface area contributed by atoms with Crippen molar-refractivity contribution < 1.29 is 9.21 Å². The molecule has 0 fully saturated rings. The van der Waals surface area contributed by atoms with Gasteiger partial charge < -0.3 is 9.73 Å². The first-order valence-corrected chi connectivity index (χ1v) is 7.69. The number of rotatable bonds is 5. The van der Waals surface area contributed by atoms with E-state index in [2.05, 4.69) is 5.32 Å². The van der Waals surface area contributed by atoms with Crippen LogP contribution in [0.3, 0.4) is 0 Å². The molecule has 0 bridgehead atoms. The number of carbonyl (C=O) groups is 1. The molecule has 3 aromatic rings. The van der Waals surface area contributed by atoms with Gasteiger partial charge in [-0.2, -0.15) is 0 Å². The summed E-state index contributed by atoms with van der Waals surface area (Å²) >= 11 is 0. The standard InChI is InChI=1S/C20H19NO2/c1-15(18-13-8-14-23-18)21-20(22)19(16-9-4-2-5-10-16)17-11-6-3-7-12-17/h2-15,19H,1H3,(H,21,22)/t15-/m1/s1. The van der Waals surface area contributed by atoms with Crippen molar-refractivity contribution in [2.24, 2.45) is 0 Å². The molecular formula is C20H19NO2. The molecule has 0 aliphatic rings. The molecule has 1 N–H and O–H groups in total. The zero-order valence-corrected chi connectivity index (χ0v) is 13.0. The highest BCUT2D eigenvalue weighted by Crippen LogP contribution is 2.26. The monoisotopic (exact) mass is 305 g/mol. The van der Waals surface area contributed by atoms with Crippen LogP contribution in [0.25, 0.3) is 0 Å². The van der Waals surface area contributed by atoms with Crippen molar-refractivity contribution in [3.05, 3.63) is 95.9 Å². The number of hydrogen-bond acceptors (Lipinski definition) is 2. The number of nitrogens with one attached hydrogen (secondary N) is 1. The van der Waals surface area contributed by atoms with Crippen molar-refractivity contribution in [3.63, 3.8) is 0 Å². The third kappa shape index (κ3) is 3.51. The summed E-state index contributed by atoms with van der Waals surface area (Å²) in [6, 6.07) is 23.2. The smallest absolute Gasteiger partial charge is 0.232 e. The maximum Gasteiger partial charge on any atom is 0.232 e. The number of hydrogen-bond donors (Lipinski definition) is 1. The second kappa shape index (κ2) is 6.97. The maximum absolute atomic E-state index is 12.9. The van der Waals surface area contributed by atoms with Gasteiger partial charge in [0, 0.05) is 0 Å². The lowest BCUT2D eigenvalue weighted by Crippen LogP contribution is -2.32. The van der Waals surface area contributed by atoms with Crippen LogP contribution in [0.15, 0.2) is 83.5 Å². The van der Waals surface area contributed by atoms with Gasteiger partial charge in [-0.15, -0.1) is 0 Å². The first kappa shape index (κ1) is 15.1. The Bertz CT molecular complexity index is 696. The molecular weight excluding hydrogens is 286 g/mol. The summed E-state index contributed by atoms with van der Waals surface area (Å²) in [5.41, 5.74) is 1.95. The Labute approximate surface area is 136 Å². The number of carbonyl (C=O) groups excluding carboxylic acids is 1. The van der Waals surface area contributed by atoms with Gasteiger partial charge in [0.05, 0.1) is 18.2 Å². The van der Waals surface area contributed by atoms with Crippen LogP contribution < -0.4 is 5.32 Å². The predicted molar refractivity (Wildman–Crippen MR) is 90.0 cm³/mol. The molecule has 1 atom stereocenters. The first-order valence-electron chi connectivity index (χ1n) is 7.69. The highest BCUT2D eigenvalue weighted by atomic mass is 16.3. The van der Waals surface area contributed by atoms with Gasteiger partial charge in [0.1, 0.15) is 5.76 Å². The van der Waals surface area contributed by atoms with E-state index in [1.165, 1.54) is 0 Å². The van der Waals surface area contributed by atoms with Crippen molar-refractivity contribution in [1.29, 1.82) is 0 Å². The van der Waals surface area contributed by atoms with E-state index in [0.29, 0.717) is 0 Å². The minimum Gasteiger partial charge on any atom is -0.467 e. The summed E-state index contributed by atoms with van der Waals surface area (Å²) in [5.74, 6) is 0.374. The molecule has 0 aliphatic carbocycles. The van der Waals surface area contributed by atoms with Crippen LogP contribution in [0.2, 0.25) is 0 Å². The molecule has 0 aliphatic heterocycles. The van der Waals surface area contributed by atoms with Crippen LogP contribution in [0.1, 0.15) is 35.8 Å². The summed E-state index contributed by atoms with van der Waals surface area (Å²) in [5, 5.41) is 3.05. The molecule has 0 spiro atoms. The third-order valence-corrected chi connectivity index (χ3v) is 3.86. The largest absolute Gasteiger partial charge is 0.467 e. The molecule has 3 nitrogen and oxygen atoms in total. The van der Waals surface area contributed by atoms with Crippen LogP contribution in [0, 0.1) is 0 Å². The molecule has 1 aromatic heterocycles. The maximum atomic E-state index is 12.9. The third-order valence-electron chi connectivity index (χ3n) is 3.86. The normalized spacial score (nSPS) is 12.1. The minimum atomic E-state index is -0.338. The van der Waals surface area contributed by atoms with E-state index >= 15 is 0 Å². The SMILES string of the molecule is C[C@@H](NC(=O)C(c1ccccc1)c1ccccc1)c1ccco1. The van der Waals surface area contributed by atoms with Gasteiger partial charge in [0.25, 0.3) is 0 Å². The lowest BCUT2D eigenvalue weighted by molar-refractivity contribution is -0.122. The molecule has 116 valence electrons. The second-order valence-corrected chi connectivity index (χ2v) is 5.50. The van der Waals surface area contributed by atoms with Crippen LogP contribution in [-0.2, 0) is 4.79 Å². The van der Waals surface area contributed by atoms with Gasteiger partial charge in [-0.1, -0.05) is 60.7 Å². The van der Waals surface area contributed by atoms with Crippen LogP contribution >= 0.6 is 0 Å². The van der Waals surface area contributed by atoms with Crippen molar-refractivity contribution in [2.75, 3.05) is 0 Å². The van der Waals surface area contributed by atoms with E-state index in [1.54, 1.807) is 6.26 Å². The molecule has 0 saturated carbocycles. The lowest BCUT2D eigenvalue weighted by atomic mass is 9.90. The van der Waals surface area contributed by atoms with Gasteiger partial charge in [0.2, 0.25) is 5.91 Å². The second-order valence-electron chi connectivity index (χ2n) is 5.50. The van der Waals surface area contributed by atoms with E-state index in [-0.39, 0.29) is 17.9 Å². The lowest BCUT2D eigenvalue weighted by Gasteiger charge is -2.20. The fraction of sp³-hybridized carbons (Fsp3) is 0.150. The van der Waals surface area contributed by atoms with E-state index in [4.69, 9.17) is 4.42 Å². The molecule has 0 saturated heterocycles. The zero-order valence-electron chi connectivity index (χ0n) is 13.0. The first-order chi connectivity index (χ1) is 11.3. The van der Waals surface area contributed by atoms with Crippen molar-refractivity contribution in [2.45, 2.75) is 18.9 Å². The van der Waals surface area contributed by atoms with E-state index in [0.717, 1.165) is 16.9 Å². The summed E-state index contributed by atoms with van der Waals surface area (Å²) in [6.45, 7) is 1.92. The Balaban J connectivity index is 1.88. The summed E-state index contributed by atoms with van der Waals surface area (Å²) in [7, 11) is 0. The minimum absolute atomic E-state index is 0.0358. The molecule has 3 heteroatoms. The number of furan rings is 1. The van der Waals surface area contributed by atoms with Gasteiger partial charge in [-0.3, -0.25) is 4.79 Å². The van der Waals surface area contributed by atoms with Gasteiger partial charge in [-0.05, 0) is 30.2 Å². The molecule has 3 rings (SSSR count). The highest BCUT2D eigenvalue weighted by molar-refractivity contribution is 5.87. The van der Waals surface area contributed by atoms with Crippen LogP contribution in [0.4, 0.5) is 0 Å². The average Bonchev–Trinajstić information content (AvgIpc) is 3.12. The molecule has 0 radical (unpaired) electrons. The van der Waals surface area contributed by atoms with Crippen molar-refractivity contribution in [1.82, 2.24) is 5.32 Å². The number of benzene rings is 2. The Morgan fingerprint density at radius 2 is 1.43 bits per heavy atom. The fourth-order valence-electron chi connectivity index (χ4n) is 2.69. The molecule has 2 aromatic carbocycles. The van der Waals surface area contributed by atoms with Gasteiger partial charge in [0.15, 0.2) is 0 Å². The summed E-state index contributed by atoms with van der Waals surface area (Å²) in [4.78, 5) is 12.9. The Morgan fingerprint density at radius 3 is 1.91 bits per heavy atom. The predicted octanol–water partition coefficient (Wildman–Crippen LogP) is 4.29. The molecule has 23 heavy (non-hydrogen) atoms. The van der Waals surface area contributed by atoms with Gasteiger partial charge >= 0.3 is 0 Å². The average molecular weight is 305 g/mol. The van der Waals surface area contributed by atoms with Gasteiger partial charge in [-0.25, -0.2) is 0 Å². The zero-order chi connectivity index (χ0) is 16.1. The molecule has 0 unspecified atom stereocenters. The quantitative estimate of drug-likeness (QED) is 0.764.